The molecule has 0 aliphatic carbocycles. The molecule has 0 N–H and O–H groups in total. The van der Waals surface area contributed by atoms with Crippen LogP contribution in [0, 0.1) is 20.8 Å². The predicted molar refractivity (Wildman–Crippen MR) is 102 cm³/mol. The summed E-state index contributed by atoms with van der Waals surface area (Å²) >= 11 is 1.34. The third-order valence-corrected chi connectivity index (χ3v) is 5.18. The van der Waals surface area contributed by atoms with Crippen molar-refractivity contribution in [1.82, 2.24) is 9.88 Å². The summed E-state index contributed by atoms with van der Waals surface area (Å²) in [6.45, 7) is 6.41. The maximum Gasteiger partial charge on any atom is 0.325 e. The lowest BCUT2D eigenvalue weighted by atomic mass is 10.1. The molecule has 0 aliphatic heterocycles. The van der Waals surface area contributed by atoms with Gasteiger partial charge in [-0.3, -0.25) is 9.59 Å². The molecule has 1 heterocycles. The normalized spacial score (nSPS) is 10.7. The molecule has 140 valence electrons. The van der Waals surface area contributed by atoms with Crippen molar-refractivity contribution in [3.05, 3.63) is 39.9 Å². The molecule has 0 spiro atoms. The number of hydrogen-bond acceptors (Lipinski definition) is 6. The highest BCUT2D eigenvalue weighted by molar-refractivity contribution is 7.17. The van der Waals surface area contributed by atoms with E-state index in [-0.39, 0.29) is 12.5 Å². The number of benzene rings is 1. The molecule has 2 aromatic rings. The van der Waals surface area contributed by atoms with E-state index in [1.54, 1.807) is 7.11 Å². The Morgan fingerprint density at radius 3 is 2.54 bits per heavy atom. The predicted octanol–water partition coefficient (Wildman–Crippen LogP) is 3.00. The Morgan fingerprint density at radius 2 is 1.92 bits per heavy atom. The minimum absolute atomic E-state index is 0.116. The SMILES string of the molecule is COCCN(CC(=O)OC)C(=O)c1sc(-c2ccc(C)cc2C)nc1C. The van der Waals surface area contributed by atoms with Crippen molar-refractivity contribution < 1.29 is 19.1 Å². The lowest BCUT2D eigenvalue weighted by Gasteiger charge is -2.20. The fourth-order valence-electron chi connectivity index (χ4n) is 2.58. The highest BCUT2D eigenvalue weighted by atomic mass is 32.1. The van der Waals surface area contributed by atoms with E-state index in [1.165, 1.54) is 28.9 Å². The topological polar surface area (TPSA) is 68.7 Å². The van der Waals surface area contributed by atoms with Gasteiger partial charge in [-0.2, -0.15) is 0 Å². The average molecular weight is 376 g/mol. The Labute approximate surface area is 157 Å². The van der Waals surface area contributed by atoms with Gasteiger partial charge in [0.2, 0.25) is 0 Å². The Bertz CT molecular complexity index is 801. The summed E-state index contributed by atoms with van der Waals surface area (Å²) in [5.74, 6) is -0.704. The van der Waals surface area contributed by atoms with Gasteiger partial charge < -0.3 is 14.4 Å². The summed E-state index contributed by atoms with van der Waals surface area (Å²) in [5, 5.41) is 0.799. The highest BCUT2D eigenvalue weighted by Crippen LogP contribution is 2.31. The van der Waals surface area contributed by atoms with E-state index in [1.807, 2.05) is 32.9 Å². The van der Waals surface area contributed by atoms with E-state index in [4.69, 9.17) is 9.47 Å². The summed E-state index contributed by atoms with van der Waals surface area (Å²) in [6.07, 6.45) is 0. The molecule has 7 heteroatoms. The molecule has 6 nitrogen and oxygen atoms in total. The number of esters is 1. The molecule has 0 radical (unpaired) electrons. The molecule has 0 saturated carbocycles. The molecule has 0 saturated heterocycles. The Hall–Kier alpha value is -2.25. The van der Waals surface area contributed by atoms with Crippen LogP contribution >= 0.6 is 11.3 Å². The van der Waals surface area contributed by atoms with Crippen LogP contribution < -0.4 is 0 Å². The summed E-state index contributed by atoms with van der Waals surface area (Å²) in [4.78, 5) is 31.1. The summed E-state index contributed by atoms with van der Waals surface area (Å²) < 4.78 is 9.74. The zero-order valence-corrected chi connectivity index (χ0v) is 16.6. The number of methoxy groups -OCH3 is 2. The monoisotopic (exact) mass is 376 g/mol. The highest BCUT2D eigenvalue weighted by Gasteiger charge is 2.24. The molecule has 0 bridgehead atoms. The Kier molecular flexibility index (Phi) is 6.88. The minimum atomic E-state index is -0.466. The van der Waals surface area contributed by atoms with Gasteiger partial charge in [-0.05, 0) is 26.3 Å². The zero-order valence-electron chi connectivity index (χ0n) is 15.8. The standard InChI is InChI=1S/C19H24N2O4S/c1-12-6-7-15(13(2)10-12)18-20-14(3)17(26-18)19(23)21(8-9-24-4)11-16(22)25-5/h6-7,10H,8-9,11H2,1-5H3. The molecule has 0 aliphatic rings. The van der Waals surface area contributed by atoms with Gasteiger partial charge in [-0.15, -0.1) is 11.3 Å². The van der Waals surface area contributed by atoms with Crippen LogP contribution in [-0.4, -0.2) is 55.7 Å². The Balaban J connectivity index is 2.32. The van der Waals surface area contributed by atoms with Gasteiger partial charge in [-0.25, -0.2) is 4.98 Å². The molecular weight excluding hydrogens is 352 g/mol. The minimum Gasteiger partial charge on any atom is -0.468 e. The maximum atomic E-state index is 12.9. The van der Waals surface area contributed by atoms with E-state index in [0.717, 1.165) is 16.1 Å². The number of thiazole rings is 1. The van der Waals surface area contributed by atoms with E-state index < -0.39 is 5.97 Å². The molecule has 1 aromatic carbocycles. The zero-order chi connectivity index (χ0) is 19.3. The molecule has 26 heavy (non-hydrogen) atoms. The van der Waals surface area contributed by atoms with Crippen LogP contribution in [-0.2, 0) is 14.3 Å². The summed E-state index contributed by atoms with van der Waals surface area (Å²) in [5.41, 5.74) is 3.96. The van der Waals surface area contributed by atoms with Crippen molar-refractivity contribution >= 4 is 23.2 Å². The molecule has 1 aromatic heterocycles. The number of ether oxygens (including phenoxy) is 2. The van der Waals surface area contributed by atoms with Crippen LogP contribution in [0.15, 0.2) is 18.2 Å². The maximum absolute atomic E-state index is 12.9. The molecule has 1 amide bonds. The van der Waals surface area contributed by atoms with Crippen LogP contribution in [0.1, 0.15) is 26.5 Å². The average Bonchev–Trinajstić information content (AvgIpc) is 2.99. The van der Waals surface area contributed by atoms with Gasteiger partial charge >= 0.3 is 5.97 Å². The number of aryl methyl sites for hydroxylation is 3. The van der Waals surface area contributed by atoms with Gasteiger partial charge in [0, 0.05) is 19.2 Å². The van der Waals surface area contributed by atoms with Crippen LogP contribution in [0.25, 0.3) is 10.6 Å². The van der Waals surface area contributed by atoms with Crippen molar-refractivity contribution in [2.24, 2.45) is 0 Å². The van der Waals surface area contributed by atoms with E-state index in [9.17, 15) is 9.59 Å². The van der Waals surface area contributed by atoms with Crippen molar-refractivity contribution in [3.8, 4) is 10.6 Å². The van der Waals surface area contributed by atoms with Gasteiger partial charge in [-0.1, -0.05) is 23.8 Å². The lowest BCUT2D eigenvalue weighted by molar-refractivity contribution is -0.141. The Morgan fingerprint density at radius 1 is 1.19 bits per heavy atom. The van der Waals surface area contributed by atoms with Gasteiger partial charge in [0.15, 0.2) is 0 Å². The van der Waals surface area contributed by atoms with Gasteiger partial charge in [0.1, 0.15) is 16.4 Å². The third-order valence-electron chi connectivity index (χ3n) is 4.00. The molecule has 2 rings (SSSR count). The van der Waals surface area contributed by atoms with Crippen molar-refractivity contribution in [1.29, 1.82) is 0 Å². The van der Waals surface area contributed by atoms with E-state index >= 15 is 0 Å². The van der Waals surface area contributed by atoms with Crippen molar-refractivity contribution in [2.75, 3.05) is 33.9 Å². The quantitative estimate of drug-likeness (QED) is 0.695. The molecule has 0 unspecified atom stereocenters. The fraction of sp³-hybridized carbons (Fsp3) is 0.421. The number of nitrogens with zero attached hydrogens (tertiary/aromatic N) is 2. The summed E-state index contributed by atoms with van der Waals surface area (Å²) in [6, 6.07) is 6.15. The van der Waals surface area contributed by atoms with Gasteiger partial charge in [0.25, 0.3) is 5.91 Å². The number of aromatic nitrogens is 1. The first kappa shape index (κ1) is 20.1. The largest absolute Gasteiger partial charge is 0.468 e. The number of carbonyl (C=O) groups is 2. The number of carbonyl (C=O) groups excluding carboxylic acids is 2. The van der Waals surface area contributed by atoms with Crippen LogP contribution in [0.4, 0.5) is 0 Å². The third kappa shape index (κ3) is 4.68. The van der Waals surface area contributed by atoms with Crippen LogP contribution in [0.5, 0.6) is 0 Å². The first-order valence-electron chi connectivity index (χ1n) is 8.27. The lowest BCUT2D eigenvalue weighted by Crippen LogP contribution is -2.38. The van der Waals surface area contributed by atoms with Crippen molar-refractivity contribution in [3.63, 3.8) is 0 Å². The molecule has 0 atom stereocenters. The number of rotatable bonds is 7. The van der Waals surface area contributed by atoms with E-state index in [2.05, 4.69) is 11.1 Å². The number of amides is 1. The second kappa shape index (κ2) is 8.91. The van der Waals surface area contributed by atoms with Gasteiger partial charge in [0.05, 0.1) is 19.4 Å². The molecule has 0 fully saturated rings. The van der Waals surface area contributed by atoms with Crippen LogP contribution in [0.3, 0.4) is 0 Å². The van der Waals surface area contributed by atoms with Crippen LogP contribution in [0.2, 0.25) is 0 Å². The summed E-state index contributed by atoms with van der Waals surface area (Å²) in [7, 11) is 2.86. The second-order valence-electron chi connectivity index (χ2n) is 6.05. The smallest absolute Gasteiger partial charge is 0.325 e. The second-order valence-corrected chi connectivity index (χ2v) is 7.05. The first-order chi connectivity index (χ1) is 12.4. The van der Waals surface area contributed by atoms with Crippen molar-refractivity contribution in [2.45, 2.75) is 20.8 Å². The number of hydrogen-bond donors (Lipinski definition) is 0. The molecular formula is C19H24N2O4S. The van der Waals surface area contributed by atoms with E-state index in [0.29, 0.717) is 23.7 Å². The fourth-order valence-corrected chi connectivity index (χ4v) is 3.71. The first-order valence-corrected chi connectivity index (χ1v) is 9.09.